The summed E-state index contributed by atoms with van der Waals surface area (Å²) in [6.07, 6.45) is 23.5. The Hall–Kier alpha value is -0.780. The first-order valence-electron chi connectivity index (χ1n) is 7.28. The molecule has 0 aromatic carbocycles. The van der Waals surface area contributed by atoms with E-state index in [1.54, 1.807) is 6.08 Å². The van der Waals surface area contributed by atoms with Crippen molar-refractivity contribution in [2.45, 2.75) is 71.1 Å². The lowest BCUT2D eigenvalue weighted by atomic mass is 10.1. The average molecular weight is 233 g/mol. The molecule has 0 heteroatoms. The lowest BCUT2D eigenvalue weighted by Gasteiger charge is -2.00. The highest BCUT2D eigenvalue weighted by Crippen LogP contribution is 2.10. The van der Waals surface area contributed by atoms with Crippen molar-refractivity contribution in [1.82, 2.24) is 0 Å². The fraction of sp³-hybridized carbons (Fsp3) is 0.647. The summed E-state index contributed by atoms with van der Waals surface area (Å²) < 4.78 is 0. The Morgan fingerprint density at radius 2 is 1.29 bits per heavy atom. The first-order valence-corrected chi connectivity index (χ1v) is 7.28. The summed E-state index contributed by atoms with van der Waals surface area (Å²) in [4.78, 5) is 0. The van der Waals surface area contributed by atoms with E-state index >= 15 is 0 Å². The predicted octanol–water partition coefficient (Wildman–Crippen LogP) is 6.01. The van der Waals surface area contributed by atoms with E-state index < -0.39 is 0 Å². The maximum Gasteiger partial charge on any atom is -0.0348 e. The van der Waals surface area contributed by atoms with Gasteiger partial charge in [-0.15, -0.1) is 0 Å². The van der Waals surface area contributed by atoms with Gasteiger partial charge in [-0.2, -0.15) is 0 Å². The zero-order valence-corrected chi connectivity index (χ0v) is 11.5. The minimum absolute atomic E-state index is 1.20. The normalized spacial score (nSPS) is 11.6. The van der Waals surface area contributed by atoms with Gasteiger partial charge >= 0.3 is 0 Å². The van der Waals surface area contributed by atoms with Crippen LogP contribution in [0.2, 0.25) is 0 Å². The molecule has 0 heterocycles. The van der Waals surface area contributed by atoms with Crippen molar-refractivity contribution < 1.29 is 0 Å². The Balaban J connectivity index is 3.05. The summed E-state index contributed by atoms with van der Waals surface area (Å²) in [5, 5.41) is 0. The summed E-state index contributed by atoms with van der Waals surface area (Å²) in [6.45, 7) is 7.49. The number of hydrogen-bond acceptors (Lipinski definition) is 0. The molecule has 0 aliphatic carbocycles. The molecule has 0 amide bonds. The topological polar surface area (TPSA) is 0 Å². The molecule has 0 saturated heterocycles. The SMILES string of the molecule is [CH]=C/C=C/C=CCCCCCCCCCCC. The lowest BCUT2D eigenvalue weighted by molar-refractivity contribution is 0.566. The van der Waals surface area contributed by atoms with E-state index in [1.807, 2.05) is 12.2 Å². The van der Waals surface area contributed by atoms with Crippen LogP contribution in [0.25, 0.3) is 0 Å². The van der Waals surface area contributed by atoms with Gasteiger partial charge in [0.2, 0.25) is 0 Å². The van der Waals surface area contributed by atoms with E-state index in [-0.39, 0.29) is 0 Å². The van der Waals surface area contributed by atoms with Crippen LogP contribution in [-0.2, 0) is 0 Å². The van der Waals surface area contributed by atoms with Gasteiger partial charge in [0, 0.05) is 0 Å². The Morgan fingerprint density at radius 1 is 0.706 bits per heavy atom. The van der Waals surface area contributed by atoms with Gasteiger partial charge in [0.05, 0.1) is 0 Å². The van der Waals surface area contributed by atoms with Crippen molar-refractivity contribution in [2.24, 2.45) is 0 Å². The molecule has 0 fully saturated rings. The molecule has 0 aromatic rings. The van der Waals surface area contributed by atoms with Crippen LogP contribution in [0.15, 0.2) is 30.4 Å². The van der Waals surface area contributed by atoms with Gasteiger partial charge in [-0.1, -0.05) is 95.2 Å². The van der Waals surface area contributed by atoms with Gasteiger partial charge in [0.25, 0.3) is 0 Å². The third kappa shape index (κ3) is 15.2. The maximum atomic E-state index is 5.22. The molecule has 17 heavy (non-hydrogen) atoms. The monoisotopic (exact) mass is 233 g/mol. The van der Waals surface area contributed by atoms with Crippen LogP contribution in [0.1, 0.15) is 71.1 Å². The standard InChI is InChI=1S/C17H29/c1-3-5-7-9-11-13-15-17-16-14-12-10-8-6-4-2/h1,3,5,7,9,11H,4,6,8,10,12-17H2,2H3/b3-1?,7-5+,11-9?. The predicted molar refractivity (Wildman–Crippen MR) is 79.0 cm³/mol. The van der Waals surface area contributed by atoms with E-state index in [0.29, 0.717) is 0 Å². The number of allylic oxidation sites excluding steroid dienone is 5. The molecular weight excluding hydrogens is 204 g/mol. The zero-order chi connectivity index (χ0) is 12.6. The van der Waals surface area contributed by atoms with Gasteiger partial charge in [0.15, 0.2) is 0 Å². The molecule has 0 aliphatic rings. The zero-order valence-electron chi connectivity index (χ0n) is 11.5. The molecule has 0 rings (SSSR count). The molecule has 0 N–H and O–H groups in total. The molecule has 1 radical (unpaired) electrons. The van der Waals surface area contributed by atoms with Crippen molar-refractivity contribution >= 4 is 0 Å². The van der Waals surface area contributed by atoms with Crippen molar-refractivity contribution in [1.29, 1.82) is 0 Å². The van der Waals surface area contributed by atoms with E-state index in [0.717, 1.165) is 0 Å². The molecule has 0 aromatic heterocycles. The van der Waals surface area contributed by atoms with Crippen molar-refractivity contribution in [3.05, 3.63) is 37.0 Å². The van der Waals surface area contributed by atoms with E-state index in [1.165, 1.54) is 64.2 Å². The maximum absolute atomic E-state index is 5.22. The van der Waals surface area contributed by atoms with Crippen LogP contribution in [0.4, 0.5) is 0 Å². The van der Waals surface area contributed by atoms with Crippen LogP contribution in [0.5, 0.6) is 0 Å². The van der Waals surface area contributed by atoms with Crippen molar-refractivity contribution in [3.63, 3.8) is 0 Å². The second-order valence-electron chi connectivity index (χ2n) is 4.62. The Kier molecular flexibility index (Phi) is 14.5. The highest BCUT2D eigenvalue weighted by Gasteiger charge is 1.90. The first kappa shape index (κ1) is 16.2. The average Bonchev–Trinajstić information content (AvgIpc) is 2.35. The molecule has 0 bridgehead atoms. The molecule has 0 atom stereocenters. The third-order valence-corrected chi connectivity index (χ3v) is 2.94. The summed E-state index contributed by atoms with van der Waals surface area (Å²) >= 11 is 0. The minimum atomic E-state index is 1.20. The summed E-state index contributed by atoms with van der Waals surface area (Å²) in [7, 11) is 0. The summed E-state index contributed by atoms with van der Waals surface area (Å²) in [5.41, 5.74) is 0. The highest BCUT2D eigenvalue weighted by atomic mass is 14.0. The van der Waals surface area contributed by atoms with Crippen molar-refractivity contribution in [3.8, 4) is 0 Å². The van der Waals surface area contributed by atoms with Gasteiger partial charge in [-0.3, -0.25) is 0 Å². The van der Waals surface area contributed by atoms with Gasteiger partial charge in [0.1, 0.15) is 0 Å². The quantitative estimate of drug-likeness (QED) is 0.286. The molecular formula is C17H29. The molecule has 0 spiro atoms. The first-order chi connectivity index (χ1) is 8.41. The molecule has 0 aliphatic heterocycles. The van der Waals surface area contributed by atoms with Gasteiger partial charge in [-0.05, 0) is 12.8 Å². The highest BCUT2D eigenvalue weighted by molar-refractivity contribution is 5.07. The fourth-order valence-corrected chi connectivity index (χ4v) is 1.88. The van der Waals surface area contributed by atoms with Crippen LogP contribution < -0.4 is 0 Å². The van der Waals surface area contributed by atoms with E-state index in [9.17, 15) is 0 Å². The Bertz CT molecular complexity index is 198. The Morgan fingerprint density at radius 3 is 1.88 bits per heavy atom. The molecule has 97 valence electrons. The molecule has 0 nitrogen and oxygen atoms in total. The van der Waals surface area contributed by atoms with Gasteiger partial charge in [-0.25, -0.2) is 0 Å². The van der Waals surface area contributed by atoms with E-state index in [4.69, 9.17) is 6.58 Å². The number of hydrogen-bond donors (Lipinski definition) is 0. The van der Waals surface area contributed by atoms with Crippen molar-refractivity contribution in [2.75, 3.05) is 0 Å². The third-order valence-electron chi connectivity index (χ3n) is 2.94. The Labute approximate surface area is 109 Å². The lowest BCUT2D eigenvalue weighted by Crippen LogP contribution is -1.80. The van der Waals surface area contributed by atoms with Crippen LogP contribution >= 0.6 is 0 Å². The fourth-order valence-electron chi connectivity index (χ4n) is 1.88. The molecule has 0 saturated carbocycles. The summed E-state index contributed by atoms with van der Waals surface area (Å²) in [6, 6.07) is 0. The second-order valence-corrected chi connectivity index (χ2v) is 4.62. The number of unbranched alkanes of at least 4 members (excludes halogenated alkanes) is 9. The van der Waals surface area contributed by atoms with Crippen LogP contribution in [0.3, 0.4) is 0 Å². The van der Waals surface area contributed by atoms with Gasteiger partial charge < -0.3 is 0 Å². The van der Waals surface area contributed by atoms with E-state index in [2.05, 4.69) is 19.1 Å². The minimum Gasteiger partial charge on any atom is -0.0845 e. The molecule has 0 unspecified atom stereocenters. The largest absolute Gasteiger partial charge is 0.0845 e. The van der Waals surface area contributed by atoms with Crippen LogP contribution in [-0.4, -0.2) is 0 Å². The number of rotatable bonds is 12. The summed E-state index contributed by atoms with van der Waals surface area (Å²) in [5.74, 6) is 0. The smallest absolute Gasteiger partial charge is 0.0348 e. The second kappa shape index (κ2) is 15.2. The van der Waals surface area contributed by atoms with Crippen LogP contribution in [0, 0.1) is 6.58 Å².